The van der Waals surface area contributed by atoms with Gasteiger partial charge in [0.1, 0.15) is 0 Å². The minimum absolute atomic E-state index is 0.123. The molecule has 1 N–H and O–H groups in total. The summed E-state index contributed by atoms with van der Waals surface area (Å²) in [7, 11) is 0. The molecule has 0 spiro atoms. The van der Waals surface area contributed by atoms with Crippen LogP contribution >= 0.6 is 0 Å². The Morgan fingerprint density at radius 1 is 1.37 bits per heavy atom. The van der Waals surface area contributed by atoms with Crippen molar-refractivity contribution >= 4 is 5.95 Å². The number of anilines is 1. The highest BCUT2D eigenvalue weighted by molar-refractivity contribution is 5.30. The van der Waals surface area contributed by atoms with Crippen molar-refractivity contribution in [3.05, 3.63) is 11.8 Å². The van der Waals surface area contributed by atoms with E-state index in [4.69, 9.17) is 9.47 Å². The molecule has 0 unspecified atom stereocenters. The van der Waals surface area contributed by atoms with Gasteiger partial charge >= 0.3 is 0 Å². The van der Waals surface area contributed by atoms with Gasteiger partial charge in [-0.05, 0) is 39.5 Å². The molecule has 5 nitrogen and oxygen atoms in total. The third-order valence-corrected chi connectivity index (χ3v) is 3.08. The highest BCUT2D eigenvalue weighted by Gasteiger charge is 2.14. The second kappa shape index (κ2) is 6.70. The number of aryl methyl sites for hydroxylation is 1. The number of hydrogen-bond acceptors (Lipinski definition) is 5. The molecule has 0 aromatic carbocycles. The zero-order valence-corrected chi connectivity index (χ0v) is 12.0. The number of ether oxygens (including phenoxy) is 2. The van der Waals surface area contributed by atoms with Gasteiger partial charge in [-0.1, -0.05) is 0 Å². The summed E-state index contributed by atoms with van der Waals surface area (Å²) in [6.45, 7) is 8.56. The smallest absolute Gasteiger partial charge is 0.226 e. The maximum absolute atomic E-state index is 5.62. The van der Waals surface area contributed by atoms with E-state index < -0.39 is 0 Å². The molecule has 1 aliphatic rings. The monoisotopic (exact) mass is 265 g/mol. The van der Waals surface area contributed by atoms with E-state index in [-0.39, 0.29) is 6.10 Å². The van der Waals surface area contributed by atoms with E-state index in [0.717, 1.165) is 38.3 Å². The highest BCUT2D eigenvalue weighted by atomic mass is 16.5. The summed E-state index contributed by atoms with van der Waals surface area (Å²) in [5, 5.41) is 3.31. The Hall–Kier alpha value is -1.36. The maximum atomic E-state index is 5.62. The summed E-state index contributed by atoms with van der Waals surface area (Å²) in [5.41, 5.74) is 0.917. The molecule has 0 bridgehead atoms. The van der Waals surface area contributed by atoms with E-state index >= 15 is 0 Å². The van der Waals surface area contributed by atoms with Crippen molar-refractivity contribution in [1.29, 1.82) is 0 Å². The fraction of sp³-hybridized carbons (Fsp3) is 0.714. The van der Waals surface area contributed by atoms with Crippen molar-refractivity contribution in [2.24, 2.45) is 5.92 Å². The Bertz CT molecular complexity index is 404. The maximum Gasteiger partial charge on any atom is 0.226 e. The van der Waals surface area contributed by atoms with Gasteiger partial charge in [-0.3, -0.25) is 0 Å². The SMILES string of the molecule is Cc1cc(OC(C)C)nc(NCC2CCOCC2)n1. The van der Waals surface area contributed by atoms with Gasteiger partial charge in [0.15, 0.2) is 0 Å². The van der Waals surface area contributed by atoms with Crippen LogP contribution in [0.15, 0.2) is 6.07 Å². The molecule has 106 valence electrons. The summed E-state index contributed by atoms with van der Waals surface area (Å²) in [4.78, 5) is 8.77. The molecule has 1 aliphatic heterocycles. The number of nitrogens with zero attached hydrogens (tertiary/aromatic N) is 2. The van der Waals surface area contributed by atoms with Gasteiger partial charge in [0.05, 0.1) is 6.10 Å². The van der Waals surface area contributed by atoms with Gasteiger partial charge in [-0.25, -0.2) is 4.98 Å². The molecule has 1 saturated heterocycles. The Balaban J connectivity index is 1.93. The third-order valence-electron chi connectivity index (χ3n) is 3.08. The first-order chi connectivity index (χ1) is 9.13. The van der Waals surface area contributed by atoms with Gasteiger partial charge < -0.3 is 14.8 Å². The van der Waals surface area contributed by atoms with Crippen molar-refractivity contribution in [2.45, 2.75) is 39.7 Å². The molecule has 1 aromatic heterocycles. The summed E-state index contributed by atoms with van der Waals surface area (Å²) in [5.74, 6) is 1.94. The topological polar surface area (TPSA) is 56.3 Å². The minimum atomic E-state index is 0.123. The number of aromatic nitrogens is 2. The van der Waals surface area contributed by atoms with Gasteiger partial charge in [0, 0.05) is 31.5 Å². The van der Waals surface area contributed by atoms with E-state index in [0.29, 0.717) is 17.7 Å². The zero-order valence-electron chi connectivity index (χ0n) is 12.0. The Labute approximate surface area is 114 Å². The zero-order chi connectivity index (χ0) is 13.7. The number of rotatable bonds is 5. The normalized spacial score (nSPS) is 16.6. The first-order valence-corrected chi connectivity index (χ1v) is 6.97. The Morgan fingerprint density at radius 3 is 2.79 bits per heavy atom. The van der Waals surface area contributed by atoms with Crippen molar-refractivity contribution < 1.29 is 9.47 Å². The molecule has 0 saturated carbocycles. The van der Waals surface area contributed by atoms with E-state index in [2.05, 4.69) is 15.3 Å². The minimum Gasteiger partial charge on any atom is -0.475 e. The third kappa shape index (κ3) is 4.67. The quantitative estimate of drug-likeness (QED) is 0.886. The van der Waals surface area contributed by atoms with Gasteiger partial charge in [-0.2, -0.15) is 4.98 Å². The van der Waals surface area contributed by atoms with Crippen LogP contribution in [-0.2, 0) is 4.74 Å². The number of nitrogens with one attached hydrogen (secondary N) is 1. The van der Waals surface area contributed by atoms with E-state index in [1.807, 2.05) is 26.8 Å². The van der Waals surface area contributed by atoms with Crippen LogP contribution in [0, 0.1) is 12.8 Å². The van der Waals surface area contributed by atoms with Crippen LogP contribution in [0.25, 0.3) is 0 Å². The summed E-state index contributed by atoms with van der Waals surface area (Å²) in [6.07, 6.45) is 2.33. The fourth-order valence-electron chi connectivity index (χ4n) is 2.11. The largest absolute Gasteiger partial charge is 0.475 e. The van der Waals surface area contributed by atoms with Crippen molar-refractivity contribution in [1.82, 2.24) is 9.97 Å². The average Bonchev–Trinajstić information content (AvgIpc) is 2.36. The standard InChI is InChI=1S/C14H23N3O2/c1-10(2)19-13-8-11(3)16-14(17-13)15-9-12-4-6-18-7-5-12/h8,10,12H,4-7,9H2,1-3H3,(H,15,16,17). The lowest BCUT2D eigenvalue weighted by Crippen LogP contribution is -2.23. The van der Waals surface area contributed by atoms with Gasteiger partial charge in [0.25, 0.3) is 0 Å². The fourth-order valence-corrected chi connectivity index (χ4v) is 2.11. The predicted molar refractivity (Wildman–Crippen MR) is 74.6 cm³/mol. The van der Waals surface area contributed by atoms with Crippen LogP contribution in [0.1, 0.15) is 32.4 Å². The van der Waals surface area contributed by atoms with Crippen LogP contribution in [0.5, 0.6) is 5.88 Å². The van der Waals surface area contributed by atoms with Crippen molar-refractivity contribution in [2.75, 3.05) is 25.1 Å². The predicted octanol–water partition coefficient (Wildman–Crippen LogP) is 2.41. The van der Waals surface area contributed by atoms with Crippen molar-refractivity contribution in [3.8, 4) is 5.88 Å². The van der Waals surface area contributed by atoms with Crippen molar-refractivity contribution in [3.63, 3.8) is 0 Å². The Morgan fingerprint density at radius 2 is 2.11 bits per heavy atom. The van der Waals surface area contributed by atoms with Crippen LogP contribution in [0.3, 0.4) is 0 Å². The molecule has 2 rings (SSSR count). The lowest BCUT2D eigenvalue weighted by atomic mass is 10.0. The molecular formula is C14H23N3O2. The molecule has 1 aromatic rings. The average molecular weight is 265 g/mol. The summed E-state index contributed by atoms with van der Waals surface area (Å²) < 4.78 is 11.0. The van der Waals surface area contributed by atoms with Crippen LogP contribution < -0.4 is 10.1 Å². The second-order valence-corrected chi connectivity index (χ2v) is 5.27. The van der Waals surface area contributed by atoms with E-state index in [1.165, 1.54) is 0 Å². The molecule has 0 aliphatic carbocycles. The van der Waals surface area contributed by atoms with Gasteiger partial charge in [-0.15, -0.1) is 0 Å². The molecule has 5 heteroatoms. The highest BCUT2D eigenvalue weighted by Crippen LogP contribution is 2.17. The van der Waals surface area contributed by atoms with E-state index in [1.54, 1.807) is 0 Å². The molecule has 1 fully saturated rings. The Kier molecular flexibility index (Phi) is 4.96. The molecular weight excluding hydrogens is 242 g/mol. The molecule has 19 heavy (non-hydrogen) atoms. The van der Waals surface area contributed by atoms with Crippen LogP contribution in [0.2, 0.25) is 0 Å². The molecule has 0 atom stereocenters. The molecule has 0 amide bonds. The van der Waals surface area contributed by atoms with Gasteiger partial charge in [0.2, 0.25) is 11.8 Å². The first kappa shape index (κ1) is 14.1. The second-order valence-electron chi connectivity index (χ2n) is 5.27. The summed E-state index contributed by atoms with van der Waals surface area (Å²) >= 11 is 0. The van der Waals surface area contributed by atoms with Crippen LogP contribution in [0.4, 0.5) is 5.95 Å². The summed E-state index contributed by atoms with van der Waals surface area (Å²) in [6, 6.07) is 1.86. The molecule has 0 radical (unpaired) electrons. The lowest BCUT2D eigenvalue weighted by Gasteiger charge is -2.22. The van der Waals surface area contributed by atoms with E-state index in [9.17, 15) is 0 Å². The number of hydrogen-bond donors (Lipinski definition) is 1. The first-order valence-electron chi connectivity index (χ1n) is 6.97. The molecule has 2 heterocycles. The lowest BCUT2D eigenvalue weighted by molar-refractivity contribution is 0.0699. The van der Waals surface area contributed by atoms with Crippen LogP contribution in [-0.4, -0.2) is 35.8 Å².